The second-order valence-electron chi connectivity index (χ2n) is 5.63. The predicted octanol–water partition coefficient (Wildman–Crippen LogP) is 4.59. The molecule has 0 spiro atoms. The monoisotopic (exact) mass is 411 g/mol. The van der Waals surface area contributed by atoms with Gasteiger partial charge in [0, 0.05) is 39.9 Å². The van der Waals surface area contributed by atoms with Crippen LogP contribution < -0.4 is 4.74 Å². The van der Waals surface area contributed by atoms with Gasteiger partial charge in [-0.1, -0.05) is 46.1 Å². The highest BCUT2D eigenvalue weighted by molar-refractivity contribution is 6.35. The third-order valence-corrected chi connectivity index (χ3v) is 4.52. The lowest BCUT2D eigenvalue weighted by Gasteiger charge is -2.20. The molecule has 1 N–H and O–H groups in total. The summed E-state index contributed by atoms with van der Waals surface area (Å²) in [5.41, 5.74) is 1.49. The summed E-state index contributed by atoms with van der Waals surface area (Å²) in [5, 5.41) is 18.8. The van der Waals surface area contributed by atoms with Gasteiger partial charge in [0.05, 0.1) is 12.2 Å². The van der Waals surface area contributed by atoms with Crippen molar-refractivity contribution in [2.24, 2.45) is 0 Å². The molecule has 136 valence electrons. The van der Waals surface area contributed by atoms with Crippen LogP contribution in [0.15, 0.2) is 48.7 Å². The zero-order valence-corrected chi connectivity index (χ0v) is 15.9. The number of halogens is 3. The Morgan fingerprint density at radius 2 is 1.77 bits per heavy atom. The van der Waals surface area contributed by atoms with Crippen molar-refractivity contribution in [2.45, 2.75) is 19.1 Å². The second-order valence-corrected chi connectivity index (χ2v) is 6.91. The molecule has 0 radical (unpaired) electrons. The van der Waals surface area contributed by atoms with Crippen LogP contribution in [0.2, 0.25) is 15.1 Å². The fraction of sp³-hybridized carbons (Fsp3) is 0.222. The van der Waals surface area contributed by atoms with E-state index in [1.165, 1.54) is 0 Å². The maximum Gasteiger partial charge on any atom is 0.145 e. The third-order valence-electron chi connectivity index (χ3n) is 3.71. The Morgan fingerprint density at radius 3 is 2.46 bits per heavy atom. The minimum atomic E-state index is -0.412. The molecular weight excluding hydrogens is 397 g/mol. The van der Waals surface area contributed by atoms with Crippen molar-refractivity contribution < 1.29 is 9.84 Å². The lowest BCUT2D eigenvalue weighted by molar-refractivity contribution is 0.177. The van der Waals surface area contributed by atoms with Crippen LogP contribution in [-0.2, 0) is 13.0 Å². The van der Waals surface area contributed by atoms with Gasteiger partial charge in [-0.2, -0.15) is 0 Å². The van der Waals surface area contributed by atoms with Gasteiger partial charge < -0.3 is 9.84 Å². The molecule has 26 heavy (non-hydrogen) atoms. The van der Waals surface area contributed by atoms with E-state index in [1.807, 2.05) is 6.07 Å². The summed E-state index contributed by atoms with van der Waals surface area (Å²) in [6, 6.07) is 12.4. The molecule has 0 aliphatic rings. The Hall–Kier alpha value is -1.79. The van der Waals surface area contributed by atoms with Crippen LogP contribution in [0.5, 0.6) is 5.75 Å². The Bertz CT molecular complexity index is 868. The van der Waals surface area contributed by atoms with E-state index in [-0.39, 0.29) is 6.61 Å². The van der Waals surface area contributed by atoms with E-state index in [4.69, 9.17) is 44.6 Å². The molecule has 1 unspecified atom stereocenters. The minimum Gasteiger partial charge on any atom is -0.484 e. The Balaban J connectivity index is 1.88. The molecule has 0 bridgehead atoms. The van der Waals surface area contributed by atoms with Gasteiger partial charge >= 0.3 is 0 Å². The van der Waals surface area contributed by atoms with Crippen LogP contribution in [-0.4, -0.2) is 26.7 Å². The van der Waals surface area contributed by atoms with Gasteiger partial charge in [0.1, 0.15) is 11.9 Å². The van der Waals surface area contributed by atoms with Gasteiger partial charge in [0.2, 0.25) is 0 Å². The topological polar surface area (TPSA) is 60.2 Å². The average Bonchev–Trinajstić information content (AvgIpc) is 3.04. The van der Waals surface area contributed by atoms with Crippen molar-refractivity contribution in [3.63, 3.8) is 0 Å². The summed E-state index contributed by atoms with van der Waals surface area (Å²) in [4.78, 5) is 0. The van der Waals surface area contributed by atoms with Gasteiger partial charge in [-0.15, -0.1) is 5.10 Å². The van der Waals surface area contributed by atoms with Gasteiger partial charge in [-0.25, -0.2) is 4.68 Å². The Kier molecular flexibility index (Phi) is 6.38. The van der Waals surface area contributed by atoms with Crippen LogP contribution in [0.25, 0.3) is 0 Å². The van der Waals surface area contributed by atoms with E-state index in [9.17, 15) is 0 Å². The molecule has 1 heterocycles. The molecule has 1 atom stereocenters. The van der Waals surface area contributed by atoms with E-state index in [0.29, 0.717) is 39.5 Å². The first-order valence-electron chi connectivity index (χ1n) is 7.92. The number of aromatic nitrogens is 3. The molecule has 0 fully saturated rings. The molecule has 1 aromatic heterocycles. The van der Waals surface area contributed by atoms with Crippen LogP contribution in [0.4, 0.5) is 0 Å². The van der Waals surface area contributed by atoms with Crippen molar-refractivity contribution in [3.05, 3.63) is 75.0 Å². The van der Waals surface area contributed by atoms with Crippen molar-refractivity contribution in [1.82, 2.24) is 15.0 Å². The smallest absolute Gasteiger partial charge is 0.145 e. The fourth-order valence-electron chi connectivity index (χ4n) is 2.47. The van der Waals surface area contributed by atoms with E-state index < -0.39 is 6.10 Å². The van der Waals surface area contributed by atoms with Crippen LogP contribution in [0.1, 0.15) is 17.4 Å². The summed E-state index contributed by atoms with van der Waals surface area (Å²) < 4.78 is 7.79. The molecule has 0 saturated carbocycles. The summed E-state index contributed by atoms with van der Waals surface area (Å²) in [6.45, 7) is 0.412. The molecule has 8 heteroatoms. The summed E-state index contributed by atoms with van der Waals surface area (Å²) in [6.07, 6.45) is 1.81. The first-order valence-corrected chi connectivity index (χ1v) is 9.05. The number of aliphatic hydroxyl groups is 1. The SMILES string of the molecule is OCCc1cn(CC(Oc2ccc(Cl)cc2)c2ccc(Cl)cc2Cl)nn1. The van der Waals surface area contributed by atoms with E-state index in [0.717, 1.165) is 5.56 Å². The summed E-state index contributed by atoms with van der Waals surface area (Å²) in [5.74, 6) is 0.654. The fourth-order valence-corrected chi connectivity index (χ4v) is 3.12. The van der Waals surface area contributed by atoms with E-state index in [2.05, 4.69) is 10.3 Å². The number of aliphatic hydroxyl groups excluding tert-OH is 1. The lowest BCUT2D eigenvalue weighted by Crippen LogP contribution is -2.16. The number of nitrogens with zero attached hydrogens (tertiary/aromatic N) is 3. The highest BCUT2D eigenvalue weighted by atomic mass is 35.5. The number of ether oxygens (including phenoxy) is 1. The number of rotatable bonds is 7. The zero-order chi connectivity index (χ0) is 18.5. The number of hydrogen-bond donors (Lipinski definition) is 1. The van der Waals surface area contributed by atoms with Crippen LogP contribution in [0, 0.1) is 0 Å². The zero-order valence-electron chi connectivity index (χ0n) is 13.6. The Morgan fingerprint density at radius 1 is 1.04 bits per heavy atom. The second kappa shape index (κ2) is 8.73. The molecule has 0 aliphatic heterocycles. The molecule has 2 aromatic carbocycles. The van der Waals surface area contributed by atoms with Crippen molar-refractivity contribution in [3.8, 4) is 5.75 Å². The lowest BCUT2D eigenvalue weighted by atomic mass is 10.1. The quantitative estimate of drug-likeness (QED) is 0.616. The van der Waals surface area contributed by atoms with Gasteiger partial charge in [0.25, 0.3) is 0 Å². The number of benzene rings is 2. The van der Waals surface area contributed by atoms with Crippen molar-refractivity contribution >= 4 is 34.8 Å². The molecule has 5 nitrogen and oxygen atoms in total. The summed E-state index contributed by atoms with van der Waals surface area (Å²) in [7, 11) is 0. The summed E-state index contributed by atoms with van der Waals surface area (Å²) >= 11 is 18.3. The average molecular weight is 413 g/mol. The normalized spacial score (nSPS) is 12.2. The van der Waals surface area contributed by atoms with Crippen molar-refractivity contribution in [1.29, 1.82) is 0 Å². The highest BCUT2D eigenvalue weighted by Crippen LogP contribution is 2.31. The van der Waals surface area contributed by atoms with E-state index >= 15 is 0 Å². The van der Waals surface area contributed by atoms with Crippen LogP contribution >= 0.6 is 34.8 Å². The standard InChI is InChI=1S/C18H16Cl3N3O2/c19-12-1-4-15(5-2-12)26-18(16-6-3-13(20)9-17(16)21)11-24-10-14(7-8-25)22-23-24/h1-6,9-10,18,25H,7-8,11H2. The van der Waals surface area contributed by atoms with Crippen LogP contribution in [0.3, 0.4) is 0 Å². The molecule has 3 aromatic rings. The Labute approximate surface area is 166 Å². The first-order chi connectivity index (χ1) is 12.5. The molecular formula is C18H16Cl3N3O2. The third kappa shape index (κ3) is 4.89. The number of hydrogen-bond acceptors (Lipinski definition) is 4. The largest absolute Gasteiger partial charge is 0.484 e. The molecule has 3 rings (SSSR count). The predicted molar refractivity (Wildman–Crippen MR) is 102 cm³/mol. The highest BCUT2D eigenvalue weighted by Gasteiger charge is 2.19. The van der Waals surface area contributed by atoms with Crippen molar-refractivity contribution in [2.75, 3.05) is 6.61 Å². The maximum atomic E-state index is 9.03. The van der Waals surface area contributed by atoms with Gasteiger partial charge in [-0.05, 0) is 36.4 Å². The minimum absolute atomic E-state index is 0.0202. The first kappa shape index (κ1) is 19.0. The van der Waals surface area contributed by atoms with Gasteiger partial charge in [-0.3, -0.25) is 0 Å². The molecule has 0 saturated heterocycles. The molecule has 0 amide bonds. The molecule has 0 aliphatic carbocycles. The maximum absolute atomic E-state index is 9.03. The van der Waals surface area contributed by atoms with Gasteiger partial charge in [0.15, 0.2) is 0 Å². The van der Waals surface area contributed by atoms with E-state index in [1.54, 1.807) is 47.3 Å².